The maximum Gasteiger partial charge on any atom is 0.123 e. The van der Waals surface area contributed by atoms with Crippen LogP contribution in [0.5, 0.6) is 0 Å². The van der Waals surface area contributed by atoms with Crippen molar-refractivity contribution in [3.63, 3.8) is 0 Å². The van der Waals surface area contributed by atoms with E-state index < -0.39 is 0 Å². The molecule has 0 aliphatic heterocycles. The van der Waals surface area contributed by atoms with Crippen molar-refractivity contribution in [3.8, 4) is 0 Å². The average molecular weight is 337 g/mol. The highest BCUT2D eigenvalue weighted by Crippen LogP contribution is 2.23. The van der Waals surface area contributed by atoms with Gasteiger partial charge in [-0.15, -0.1) is 12.4 Å². The van der Waals surface area contributed by atoms with E-state index in [1.807, 2.05) is 6.92 Å². The number of aromatic amines is 1. The maximum atomic E-state index is 13.4. The molecular formula is C18H19ClF2N2. The third-order valence-electron chi connectivity index (χ3n) is 3.88. The van der Waals surface area contributed by atoms with Gasteiger partial charge in [-0.2, -0.15) is 0 Å². The molecule has 2 aromatic carbocycles. The lowest BCUT2D eigenvalue weighted by atomic mass is 10.1. The fourth-order valence-corrected chi connectivity index (χ4v) is 2.73. The monoisotopic (exact) mass is 336 g/mol. The molecule has 23 heavy (non-hydrogen) atoms. The lowest BCUT2D eigenvalue weighted by molar-refractivity contribution is 0.624. The van der Waals surface area contributed by atoms with E-state index in [1.165, 1.54) is 18.2 Å². The number of fused-ring (bicyclic) bond motifs is 1. The molecule has 0 aliphatic rings. The van der Waals surface area contributed by atoms with Gasteiger partial charge in [-0.1, -0.05) is 12.1 Å². The topological polar surface area (TPSA) is 27.8 Å². The SMILES string of the molecule is Cc1[nH]c2ccc(F)cc2c1CCNCc1ccc(F)cc1.Cl. The van der Waals surface area contributed by atoms with Gasteiger partial charge in [0, 0.05) is 23.1 Å². The second-order valence-electron chi connectivity index (χ2n) is 5.47. The summed E-state index contributed by atoms with van der Waals surface area (Å²) in [6.45, 7) is 3.48. The van der Waals surface area contributed by atoms with Crippen LogP contribution < -0.4 is 5.32 Å². The molecule has 3 aromatic rings. The van der Waals surface area contributed by atoms with Crippen molar-refractivity contribution >= 4 is 23.3 Å². The van der Waals surface area contributed by atoms with Crippen LogP contribution in [0.3, 0.4) is 0 Å². The third kappa shape index (κ3) is 4.09. The van der Waals surface area contributed by atoms with Crippen LogP contribution >= 0.6 is 12.4 Å². The van der Waals surface area contributed by atoms with Gasteiger partial charge < -0.3 is 10.3 Å². The summed E-state index contributed by atoms with van der Waals surface area (Å²) in [5.74, 6) is -0.438. The fourth-order valence-electron chi connectivity index (χ4n) is 2.73. The molecule has 2 nitrogen and oxygen atoms in total. The van der Waals surface area contributed by atoms with Gasteiger partial charge in [-0.25, -0.2) is 8.78 Å². The molecule has 0 amide bonds. The lowest BCUT2D eigenvalue weighted by Crippen LogP contribution is -2.16. The molecule has 0 atom stereocenters. The Labute approximate surface area is 140 Å². The van der Waals surface area contributed by atoms with Gasteiger partial charge in [0.1, 0.15) is 11.6 Å². The van der Waals surface area contributed by atoms with Crippen molar-refractivity contribution in [2.24, 2.45) is 0 Å². The van der Waals surface area contributed by atoms with Crippen molar-refractivity contribution in [2.75, 3.05) is 6.54 Å². The highest BCUT2D eigenvalue weighted by atomic mass is 35.5. The van der Waals surface area contributed by atoms with E-state index in [1.54, 1.807) is 24.3 Å². The minimum Gasteiger partial charge on any atom is -0.358 e. The Hall–Kier alpha value is -1.91. The van der Waals surface area contributed by atoms with Crippen LogP contribution in [0.25, 0.3) is 10.9 Å². The number of aromatic nitrogens is 1. The van der Waals surface area contributed by atoms with E-state index in [2.05, 4.69) is 10.3 Å². The van der Waals surface area contributed by atoms with Crippen LogP contribution in [0.1, 0.15) is 16.8 Å². The molecule has 0 saturated carbocycles. The minimum absolute atomic E-state index is 0. The van der Waals surface area contributed by atoms with Crippen LogP contribution in [0, 0.1) is 18.6 Å². The Kier molecular flexibility index (Phi) is 5.74. The first-order valence-corrected chi connectivity index (χ1v) is 7.35. The summed E-state index contributed by atoms with van der Waals surface area (Å²) in [5.41, 5.74) is 4.22. The molecule has 1 heterocycles. The number of rotatable bonds is 5. The zero-order chi connectivity index (χ0) is 15.5. The molecule has 0 bridgehead atoms. The van der Waals surface area contributed by atoms with Crippen LogP contribution in [-0.2, 0) is 13.0 Å². The normalized spacial score (nSPS) is 10.7. The quantitative estimate of drug-likeness (QED) is 0.659. The Balaban J connectivity index is 0.00000192. The molecule has 0 spiro atoms. The molecule has 0 aliphatic carbocycles. The number of aryl methyl sites for hydroxylation is 1. The van der Waals surface area contributed by atoms with Gasteiger partial charge in [0.05, 0.1) is 0 Å². The Morgan fingerprint density at radius 2 is 1.70 bits per heavy atom. The number of H-pyrrole nitrogens is 1. The Morgan fingerprint density at radius 3 is 2.43 bits per heavy atom. The van der Waals surface area contributed by atoms with Crippen molar-refractivity contribution < 1.29 is 8.78 Å². The van der Waals surface area contributed by atoms with E-state index >= 15 is 0 Å². The predicted molar refractivity (Wildman–Crippen MR) is 92.1 cm³/mol. The van der Waals surface area contributed by atoms with Gasteiger partial charge >= 0.3 is 0 Å². The lowest BCUT2D eigenvalue weighted by Gasteiger charge is -2.06. The highest BCUT2D eigenvalue weighted by molar-refractivity contribution is 5.85. The standard InChI is InChI=1S/C18H18F2N2.ClH/c1-12-16(17-10-15(20)6-7-18(17)22-12)8-9-21-11-13-2-4-14(19)5-3-13;/h2-7,10,21-22H,8-9,11H2,1H3;1H. The molecule has 0 radical (unpaired) electrons. The molecule has 0 unspecified atom stereocenters. The Bertz CT molecular complexity index is 782. The zero-order valence-electron chi connectivity index (χ0n) is 12.8. The average Bonchev–Trinajstić information content (AvgIpc) is 2.81. The van der Waals surface area contributed by atoms with Crippen molar-refractivity contribution in [1.29, 1.82) is 0 Å². The summed E-state index contributed by atoms with van der Waals surface area (Å²) in [6, 6.07) is 11.3. The first-order valence-electron chi connectivity index (χ1n) is 7.35. The first-order chi connectivity index (χ1) is 10.6. The van der Waals surface area contributed by atoms with E-state index in [0.29, 0.717) is 6.54 Å². The summed E-state index contributed by atoms with van der Waals surface area (Å²) in [4.78, 5) is 3.28. The summed E-state index contributed by atoms with van der Waals surface area (Å²) >= 11 is 0. The largest absolute Gasteiger partial charge is 0.358 e. The third-order valence-corrected chi connectivity index (χ3v) is 3.88. The van der Waals surface area contributed by atoms with E-state index in [-0.39, 0.29) is 24.0 Å². The maximum absolute atomic E-state index is 13.4. The molecule has 0 saturated heterocycles. The number of benzene rings is 2. The predicted octanol–water partition coefficient (Wildman–Crippen LogP) is 4.51. The van der Waals surface area contributed by atoms with Crippen molar-refractivity contribution in [3.05, 3.63) is 70.9 Å². The van der Waals surface area contributed by atoms with Crippen LogP contribution in [0.15, 0.2) is 42.5 Å². The molecule has 5 heteroatoms. The smallest absolute Gasteiger partial charge is 0.123 e. The van der Waals surface area contributed by atoms with Crippen LogP contribution in [-0.4, -0.2) is 11.5 Å². The van der Waals surface area contributed by atoms with E-state index in [0.717, 1.165) is 40.7 Å². The number of hydrogen-bond donors (Lipinski definition) is 2. The fraction of sp³-hybridized carbons (Fsp3) is 0.222. The first kappa shape index (κ1) is 17.4. The van der Waals surface area contributed by atoms with E-state index in [4.69, 9.17) is 0 Å². The van der Waals surface area contributed by atoms with Crippen LogP contribution in [0.2, 0.25) is 0 Å². The molecule has 2 N–H and O–H groups in total. The minimum atomic E-state index is -0.222. The number of nitrogens with one attached hydrogen (secondary N) is 2. The van der Waals surface area contributed by atoms with Crippen LogP contribution in [0.4, 0.5) is 8.78 Å². The highest BCUT2D eigenvalue weighted by Gasteiger charge is 2.08. The molecular weight excluding hydrogens is 318 g/mol. The number of hydrogen-bond acceptors (Lipinski definition) is 1. The molecule has 1 aromatic heterocycles. The van der Waals surface area contributed by atoms with Gasteiger partial charge in [-0.05, 0) is 61.3 Å². The van der Waals surface area contributed by atoms with Gasteiger partial charge in [0.15, 0.2) is 0 Å². The van der Waals surface area contributed by atoms with Gasteiger partial charge in [-0.3, -0.25) is 0 Å². The van der Waals surface area contributed by atoms with Crippen molar-refractivity contribution in [1.82, 2.24) is 10.3 Å². The van der Waals surface area contributed by atoms with Gasteiger partial charge in [0.2, 0.25) is 0 Å². The summed E-state index contributed by atoms with van der Waals surface area (Å²) < 4.78 is 26.2. The molecule has 122 valence electrons. The van der Waals surface area contributed by atoms with Crippen molar-refractivity contribution in [2.45, 2.75) is 19.9 Å². The van der Waals surface area contributed by atoms with E-state index in [9.17, 15) is 8.78 Å². The Morgan fingerprint density at radius 1 is 1.00 bits per heavy atom. The summed E-state index contributed by atoms with van der Waals surface area (Å²) in [6.07, 6.45) is 0.816. The summed E-state index contributed by atoms with van der Waals surface area (Å²) in [5, 5.41) is 4.28. The van der Waals surface area contributed by atoms with Gasteiger partial charge in [0.25, 0.3) is 0 Å². The second-order valence-corrected chi connectivity index (χ2v) is 5.47. The summed E-state index contributed by atoms with van der Waals surface area (Å²) in [7, 11) is 0. The second kappa shape index (κ2) is 7.57. The number of halogens is 3. The zero-order valence-corrected chi connectivity index (χ0v) is 13.6. The molecule has 3 rings (SSSR count). The molecule has 0 fully saturated rings.